The highest BCUT2D eigenvalue weighted by Crippen LogP contribution is 2.19. The summed E-state index contributed by atoms with van der Waals surface area (Å²) < 4.78 is 0. The minimum atomic E-state index is -0.835. The van der Waals surface area contributed by atoms with Gasteiger partial charge in [-0.2, -0.15) is 0 Å². The van der Waals surface area contributed by atoms with Gasteiger partial charge < -0.3 is 5.73 Å². The standard InChI is InChI=1S/C12H21N3O3/c1-9(16)7-10-5-3-2-4-6-15(10)8-11(17)14-12(13)18/h10H,2-8H2,1H3,(H3,13,14,17,18). The predicted octanol–water partition coefficient (Wildman–Crippen LogP) is 0.405. The van der Waals surface area contributed by atoms with Crippen molar-refractivity contribution >= 4 is 17.7 Å². The highest BCUT2D eigenvalue weighted by atomic mass is 16.2. The van der Waals surface area contributed by atoms with E-state index in [-0.39, 0.29) is 18.4 Å². The number of Topliss-reactive ketones (excluding diaryl/α,β-unsaturated/α-hetero) is 1. The Hall–Kier alpha value is -1.43. The molecule has 1 rings (SSSR count). The number of carbonyl (C=O) groups excluding carboxylic acids is 3. The van der Waals surface area contributed by atoms with Crippen LogP contribution in [0.5, 0.6) is 0 Å². The molecule has 0 bridgehead atoms. The number of hydrogen-bond acceptors (Lipinski definition) is 4. The van der Waals surface area contributed by atoms with Gasteiger partial charge in [-0.05, 0) is 26.3 Å². The molecule has 3 amide bonds. The molecule has 1 fully saturated rings. The van der Waals surface area contributed by atoms with Crippen LogP contribution < -0.4 is 11.1 Å². The quantitative estimate of drug-likeness (QED) is 0.760. The van der Waals surface area contributed by atoms with Gasteiger partial charge >= 0.3 is 6.03 Å². The number of ketones is 1. The van der Waals surface area contributed by atoms with Crippen LogP contribution in [0.3, 0.4) is 0 Å². The fourth-order valence-corrected chi connectivity index (χ4v) is 2.37. The van der Waals surface area contributed by atoms with Crippen molar-refractivity contribution in [2.45, 2.75) is 45.1 Å². The molecule has 0 spiro atoms. The largest absolute Gasteiger partial charge is 0.351 e. The Morgan fingerprint density at radius 3 is 2.61 bits per heavy atom. The molecule has 0 aromatic carbocycles. The highest BCUT2D eigenvalue weighted by Gasteiger charge is 2.24. The molecule has 1 heterocycles. The highest BCUT2D eigenvalue weighted by molar-refractivity contribution is 5.94. The van der Waals surface area contributed by atoms with Crippen LogP contribution in [0.2, 0.25) is 0 Å². The number of urea groups is 1. The smallest absolute Gasteiger partial charge is 0.318 e. The Labute approximate surface area is 107 Å². The van der Waals surface area contributed by atoms with Crippen molar-refractivity contribution in [2.75, 3.05) is 13.1 Å². The van der Waals surface area contributed by atoms with Gasteiger partial charge in [0.1, 0.15) is 5.78 Å². The van der Waals surface area contributed by atoms with E-state index in [1.807, 2.05) is 4.90 Å². The molecule has 1 unspecified atom stereocenters. The number of nitrogens with two attached hydrogens (primary N) is 1. The Balaban J connectivity index is 2.58. The third-order valence-corrected chi connectivity index (χ3v) is 3.13. The van der Waals surface area contributed by atoms with E-state index in [9.17, 15) is 14.4 Å². The molecule has 1 aliphatic heterocycles. The minimum Gasteiger partial charge on any atom is -0.351 e. The number of nitrogens with zero attached hydrogens (tertiary/aromatic N) is 1. The van der Waals surface area contributed by atoms with E-state index >= 15 is 0 Å². The first-order valence-corrected chi connectivity index (χ1v) is 6.32. The number of imide groups is 1. The van der Waals surface area contributed by atoms with Crippen LogP contribution in [0.4, 0.5) is 4.79 Å². The topological polar surface area (TPSA) is 92.5 Å². The summed E-state index contributed by atoms with van der Waals surface area (Å²) in [5.74, 6) is -0.278. The molecule has 0 aromatic rings. The van der Waals surface area contributed by atoms with Crippen molar-refractivity contribution in [2.24, 2.45) is 5.73 Å². The maximum atomic E-state index is 11.5. The first kappa shape index (κ1) is 14.6. The SMILES string of the molecule is CC(=O)CC1CCCCCN1CC(=O)NC(N)=O. The predicted molar refractivity (Wildman–Crippen MR) is 66.9 cm³/mol. The lowest BCUT2D eigenvalue weighted by atomic mass is 10.0. The number of amides is 3. The summed E-state index contributed by atoms with van der Waals surface area (Å²) in [7, 11) is 0. The van der Waals surface area contributed by atoms with Crippen LogP contribution in [0.1, 0.15) is 39.0 Å². The van der Waals surface area contributed by atoms with E-state index in [4.69, 9.17) is 5.73 Å². The van der Waals surface area contributed by atoms with E-state index in [0.717, 1.165) is 32.2 Å². The summed E-state index contributed by atoms with van der Waals surface area (Å²) in [5, 5.41) is 2.06. The molecule has 0 aliphatic carbocycles. The van der Waals surface area contributed by atoms with Crippen LogP contribution in [0, 0.1) is 0 Å². The fourth-order valence-electron chi connectivity index (χ4n) is 2.37. The van der Waals surface area contributed by atoms with Crippen LogP contribution >= 0.6 is 0 Å². The van der Waals surface area contributed by atoms with E-state index in [1.165, 1.54) is 0 Å². The van der Waals surface area contributed by atoms with Crippen molar-refractivity contribution in [3.8, 4) is 0 Å². The van der Waals surface area contributed by atoms with Gasteiger partial charge in [-0.1, -0.05) is 12.8 Å². The molecule has 1 atom stereocenters. The number of rotatable bonds is 4. The molecule has 102 valence electrons. The average molecular weight is 255 g/mol. The van der Waals surface area contributed by atoms with Gasteiger partial charge in [0.25, 0.3) is 0 Å². The van der Waals surface area contributed by atoms with E-state index in [2.05, 4.69) is 5.32 Å². The second-order valence-electron chi connectivity index (χ2n) is 4.79. The van der Waals surface area contributed by atoms with Crippen molar-refractivity contribution in [1.82, 2.24) is 10.2 Å². The van der Waals surface area contributed by atoms with Gasteiger partial charge in [0.15, 0.2) is 0 Å². The molecule has 18 heavy (non-hydrogen) atoms. The molecule has 0 aromatic heterocycles. The lowest BCUT2D eigenvalue weighted by Gasteiger charge is -2.28. The van der Waals surface area contributed by atoms with Crippen LogP contribution in [0.25, 0.3) is 0 Å². The minimum absolute atomic E-state index is 0.101. The Morgan fingerprint density at radius 1 is 1.28 bits per heavy atom. The maximum Gasteiger partial charge on any atom is 0.318 e. The molecule has 1 saturated heterocycles. The first-order valence-electron chi connectivity index (χ1n) is 6.32. The number of nitrogens with one attached hydrogen (secondary N) is 1. The Bertz CT molecular complexity index is 331. The molecule has 1 aliphatic rings. The number of primary amides is 1. The summed E-state index contributed by atoms with van der Waals surface area (Å²) in [4.78, 5) is 35.3. The molecule has 0 saturated carbocycles. The van der Waals surface area contributed by atoms with Crippen molar-refractivity contribution in [1.29, 1.82) is 0 Å². The number of hydrogen-bond donors (Lipinski definition) is 2. The van der Waals surface area contributed by atoms with Crippen molar-refractivity contribution in [3.63, 3.8) is 0 Å². The maximum absolute atomic E-state index is 11.5. The fraction of sp³-hybridized carbons (Fsp3) is 0.750. The van der Waals surface area contributed by atoms with Gasteiger partial charge in [0.2, 0.25) is 5.91 Å². The summed E-state index contributed by atoms with van der Waals surface area (Å²) in [6.07, 6.45) is 4.58. The zero-order chi connectivity index (χ0) is 13.5. The van der Waals surface area contributed by atoms with Crippen LogP contribution in [0.15, 0.2) is 0 Å². The van der Waals surface area contributed by atoms with Gasteiger partial charge in [0.05, 0.1) is 6.54 Å². The van der Waals surface area contributed by atoms with E-state index < -0.39 is 11.9 Å². The Morgan fingerprint density at radius 2 is 2.00 bits per heavy atom. The molecule has 6 nitrogen and oxygen atoms in total. The third-order valence-electron chi connectivity index (χ3n) is 3.13. The Kier molecular flexibility index (Phi) is 5.77. The summed E-state index contributed by atoms with van der Waals surface area (Å²) >= 11 is 0. The summed E-state index contributed by atoms with van der Waals surface area (Å²) in [5.41, 5.74) is 4.90. The second kappa shape index (κ2) is 7.10. The molecule has 6 heteroatoms. The van der Waals surface area contributed by atoms with Gasteiger partial charge in [-0.15, -0.1) is 0 Å². The third kappa shape index (κ3) is 5.27. The molecular formula is C12H21N3O3. The van der Waals surface area contributed by atoms with Crippen molar-refractivity contribution < 1.29 is 14.4 Å². The molecular weight excluding hydrogens is 234 g/mol. The zero-order valence-corrected chi connectivity index (χ0v) is 10.8. The van der Waals surface area contributed by atoms with Crippen LogP contribution in [-0.2, 0) is 9.59 Å². The molecule has 3 N–H and O–H groups in total. The number of likely N-dealkylation sites (tertiary alicyclic amines) is 1. The summed E-state index contributed by atoms with van der Waals surface area (Å²) in [6, 6.07) is -0.735. The average Bonchev–Trinajstić information content (AvgIpc) is 2.42. The lowest BCUT2D eigenvalue weighted by Crippen LogP contribution is -2.46. The second-order valence-corrected chi connectivity index (χ2v) is 4.79. The molecule has 0 radical (unpaired) electrons. The van der Waals surface area contributed by atoms with E-state index in [1.54, 1.807) is 6.92 Å². The van der Waals surface area contributed by atoms with Crippen LogP contribution in [-0.4, -0.2) is 41.8 Å². The van der Waals surface area contributed by atoms with Gasteiger partial charge in [0, 0.05) is 12.5 Å². The first-order chi connectivity index (χ1) is 8.49. The number of carbonyl (C=O) groups is 3. The van der Waals surface area contributed by atoms with Gasteiger partial charge in [-0.25, -0.2) is 4.79 Å². The van der Waals surface area contributed by atoms with E-state index in [0.29, 0.717) is 6.42 Å². The zero-order valence-electron chi connectivity index (χ0n) is 10.8. The van der Waals surface area contributed by atoms with Gasteiger partial charge in [-0.3, -0.25) is 19.8 Å². The lowest BCUT2D eigenvalue weighted by molar-refractivity contribution is -0.123. The van der Waals surface area contributed by atoms with Crippen molar-refractivity contribution in [3.05, 3.63) is 0 Å². The normalized spacial score (nSPS) is 21.1. The summed E-state index contributed by atoms with van der Waals surface area (Å²) in [6.45, 7) is 2.47. The monoisotopic (exact) mass is 255 g/mol.